The van der Waals surface area contributed by atoms with E-state index in [-0.39, 0.29) is 37.2 Å². The van der Waals surface area contributed by atoms with Crippen LogP contribution in [0.2, 0.25) is 5.02 Å². The summed E-state index contributed by atoms with van der Waals surface area (Å²) in [6.07, 6.45) is 1.53. The maximum absolute atomic E-state index is 13.0. The van der Waals surface area contributed by atoms with Crippen LogP contribution >= 0.6 is 23.5 Å². The summed E-state index contributed by atoms with van der Waals surface area (Å²) >= 11 is 7.36. The maximum atomic E-state index is 13.0. The van der Waals surface area contributed by atoms with Gasteiger partial charge in [0, 0.05) is 41.5 Å². The van der Waals surface area contributed by atoms with Gasteiger partial charge < -0.3 is 10.6 Å². The molecule has 0 aliphatic carbocycles. The third kappa shape index (κ3) is 7.38. The molecule has 0 bridgehead atoms. The van der Waals surface area contributed by atoms with Crippen LogP contribution in [0.1, 0.15) is 38.7 Å². The Morgan fingerprint density at radius 3 is 2.59 bits per heavy atom. The molecule has 5 nitrogen and oxygen atoms in total. The van der Waals surface area contributed by atoms with Gasteiger partial charge in [0.05, 0.1) is 0 Å². The number of nitrogens with zero attached hydrogens (tertiary/aromatic N) is 1. The second-order valence-electron chi connectivity index (χ2n) is 6.93. The summed E-state index contributed by atoms with van der Waals surface area (Å²) in [5, 5.41) is 0.570. The molecule has 29 heavy (non-hydrogen) atoms. The fourth-order valence-electron chi connectivity index (χ4n) is 2.78. The Balaban J connectivity index is 2.09. The molecule has 3 N–H and O–H groups in total. The molecule has 2 aromatic rings. The van der Waals surface area contributed by atoms with Crippen LogP contribution in [0.15, 0.2) is 53.4 Å². The highest BCUT2D eigenvalue weighted by Gasteiger charge is 2.21. The van der Waals surface area contributed by atoms with Crippen LogP contribution in [-0.2, 0) is 16.1 Å². The van der Waals surface area contributed by atoms with Crippen molar-refractivity contribution in [3.05, 3.63) is 59.1 Å². The van der Waals surface area contributed by atoms with Gasteiger partial charge in [0.1, 0.15) is 0 Å². The summed E-state index contributed by atoms with van der Waals surface area (Å²) in [7, 11) is 0. The zero-order valence-corrected chi connectivity index (χ0v) is 18.4. The molecule has 1 unspecified atom stereocenters. The molecule has 0 saturated carbocycles. The minimum Gasteiger partial charge on any atom is -0.326 e. The number of rotatable bonds is 10. The summed E-state index contributed by atoms with van der Waals surface area (Å²) in [5.41, 5.74) is 7.38. The van der Waals surface area contributed by atoms with Crippen LogP contribution in [0, 0.1) is 5.92 Å². The molecular weight excluding hydrogens is 406 g/mol. The minimum absolute atomic E-state index is 0.0140. The molecule has 7 heteroatoms. The molecule has 0 aromatic heterocycles. The van der Waals surface area contributed by atoms with Crippen molar-refractivity contribution in [1.29, 1.82) is 0 Å². The van der Waals surface area contributed by atoms with Crippen LogP contribution in [0.3, 0.4) is 0 Å². The lowest BCUT2D eigenvalue weighted by atomic mass is 10.0. The second-order valence-corrected chi connectivity index (χ2v) is 8.25. The van der Waals surface area contributed by atoms with E-state index in [0.717, 1.165) is 16.9 Å². The number of hydrogen-bond donors (Lipinski definition) is 2. The van der Waals surface area contributed by atoms with Gasteiger partial charge in [-0.2, -0.15) is 0 Å². The first-order valence-electron chi connectivity index (χ1n) is 9.74. The van der Waals surface area contributed by atoms with Gasteiger partial charge in [-0.1, -0.05) is 50.1 Å². The molecule has 0 aliphatic heterocycles. The molecule has 0 saturated heterocycles. The molecule has 2 aromatic carbocycles. The van der Waals surface area contributed by atoms with Gasteiger partial charge in [0.2, 0.25) is 11.8 Å². The first-order chi connectivity index (χ1) is 13.9. The molecule has 0 radical (unpaired) electrons. The van der Waals surface area contributed by atoms with Crippen LogP contribution in [0.5, 0.6) is 0 Å². The van der Waals surface area contributed by atoms with Crippen molar-refractivity contribution in [2.75, 3.05) is 11.4 Å². The summed E-state index contributed by atoms with van der Waals surface area (Å²) in [5.74, 6) is 0.115. The van der Waals surface area contributed by atoms with Crippen molar-refractivity contribution in [1.82, 2.24) is 4.72 Å². The molecule has 156 valence electrons. The predicted octanol–water partition coefficient (Wildman–Crippen LogP) is 4.78. The SMILES string of the molecule is CCC(C)CC(=O)N(CCC(=O)NSc1ccccc1)c1ccc(Cl)cc1CN. The smallest absolute Gasteiger partial charge is 0.231 e. The Hall–Kier alpha value is -2.02. The topological polar surface area (TPSA) is 75.4 Å². The van der Waals surface area contributed by atoms with Gasteiger partial charge in [-0.05, 0) is 53.8 Å². The number of benzene rings is 2. The number of nitrogens with one attached hydrogen (secondary N) is 1. The molecule has 1 atom stereocenters. The van der Waals surface area contributed by atoms with Gasteiger partial charge in [-0.15, -0.1) is 0 Å². The van der Waals surface area contributed by atoms with E-state index in [9.17, 15) is 9.59 Å². The predicted molar refractivity (Wildman–Crippen MR) is 121 cm³/mol. The van der Waals surface area contributed by atoms with E-state index in [0.29, 0.717) is 17.1 Å². The molecular formula is C22H28ClN3O2S. The number of carbonyl (C=O) groups is 2. The number of amides is 2. The largest absolute Gasteiger partial charge is 0.326 e. The van der Waals surface area contributed by atoms with Crippen molar-refractivity contribution in [2.24, 2.45) is 11.7 Å². The average molecular weight is 434 g/mol. The summed E-state index contributed by atoms with van der Waals surface area (Å²) < 4.78 is 2.83. The normalized spacial score (nSPS) is 11.7. The van der Waals surface area contributed by atoms with Crippen molar-refractivity contribution >= 4 is 41.1 Å². The Morgan fingerprint density at radius 2 is 1.93 bits per heavy atom. The van der Waals surface area contributed by atoms with Gasteiger partial charge in [0.25, 0.3) is 0 Å². The molecule has 2 rings (SSSR count). The van der Waals surface area contributed by atoms with E-state index in [1.54, 1.807) is 23.1 Å². The van der Waals surface area contributed by atoms with Gasteiger partial charge in [-0.3, -0.25) is 14.3 Å². The van der Waals surface area contributed by atoms with Crippen LogP contribution in [-0.4, -0.2) is 18.4 Å². The van der Waals surface area contributed by atoms with Gasteiger partial charge in [-0.25, -0.2) is 0 Å². The van der Waals surface area contributed by atoms with Crippen molar-refractivity contribution in [3.63, 3.8) is 0 Å². The summed E-state index contributed by atoms with van der Waals surface area (Å²) in [6.45, 7) is 4.65. The van der Waals surface area contributed by atoms with E-state index in [4.69, 9.17) is 17.3 Å². The van der Waals surface area contributed by atoms with Crippen molar-refractivity contribution < 1.29 is 9.59 Å². The van der Waals surface area contributed by atoms with Gasteiger partial charge >= 0.3 is 0 Å². The molecule has 0 fully saturated rings. The monoisotopic (exact) mass is 433 g/mol. The number of nitrogens with two attached hydrogens (primary N) is 1. The Kier molecular flexibility index (Phi) is 9.51. The fourth-order valence-corrected chi connectivity index (χ4v) is 3.60. The number of hydrogen-bond acceptors (Lipinski definition) is 4. The van der Waals surface area contributed by atoms with E-state index in [1.165, 1.54) is 11.9 Å². The molecule has 0 heterocycles. The zero-order chi connectivity index (χ0) is 21.2. The van der Waals surface area contributed by atoms with E-state index >= 15 is 0 Å². The Bertz CT molecular complexity index is 817. The highest BCUT2D eigenvalue weighted by molar-refractivity contribution is 7.98. The highest BCUT2D eigenvalue weighted by Crippen LogP contribution is 2.26. The van der Waals surface area contributed by atoms with Crippen LogP contribution in [0.25, 0.3) is 0 Å². The van der Waals surface area contributed by atoms with Crippen molar-refractivity contribution in [3.8, 4) is 0 Å². The first-order valence-corrected chi connectivity index (χ1v) is 10.9. The molecule has 0 spiro atoms. The first kappa shape index (κ1) is 23.3. The van der Waals surface area contributed by atoms with Crippen molar-refractivity contribution in [2.45, 2.75) is 44.6 Å². The number of anilines is 1. The van der Waals surface area contributed by atoms with Gasteiger partial charge in [0.15, 0.2) is 0 Å². The Morgan fingerprint density at radius 1 is 1.21 bits per heavy atom. The van der Waals surface area contributed by atoms with Crippen LogP contribution in [0.4, 0.5) is 5.69 Å². The van der Waals surface area contributed by atoms with E-state index in [2.05, 4.69) is 11.6 Å². The minimum atomic E-state index is -0.136. The fraction of sp³-hybridized carbons (Fsp3) is 0.364. The second kappa shape index (κ2) is 11.9. The summed E-state index contributed by atoms with van der Waals surface area (Å²) in [6, 6.07) is 14.9. The Labute approximate surface area is 182 Å². The molecule has 0 aliphatic rings. The van der Waals surface area contributed by atoms with E-state index < -0.39 is 0 Å². The summed E-state index contributed by atoms with van der Waals surface area (Å²) in [4.78, 5) is 27.9. The standard InChI is InChI=1S/C22H28ClN3O2S/c1-3-16(2)13-22(28)26(20-10-9-18(23)14-17(20)15-24)12-11-21(27)25-29-19-7-5-4-6-8-19/h4-10,14,16H,3,11-13,15,24H2,1-2H3,(H,25,27). The lowest BCUT2D eigenvalue weighted by molar-refractivity contribution is -0.120. The third-order valence-corrected chi connectivity index (χ3v) is 5.73. The maximum Gasteiger partial charge on any atom is 0.231 e. The highest BCUT2D eigenvalue weighted by atomic mass is 35.5. The zero-order valence-electron chi connectivity index (χ0n) is 16.9. The third-order valence-electron chi connectivity index (χ3n) is 4.66. The number of halogens is 1. The average Bonchev–Trinajstić information content (AvgIpc) is 2.73. The number of carbonyl (C=O) groups excluding carboxylic acids is 2. The quantitative estimate of drug-likeness (QED) is 0.528. The lowest BCUT2D eigenvalue weighted by Gasteiger charge is -2.26. The molecule has 2 amide bonds. The van der Waals surface area contributed by atoms with E-state index in [1.807, 2.05) is 37.3 Å². The van der Waals surface area contributed by atoms with Crippen LogP contribution < -0.4 is 15.4 Å². The lowest BCUT2D eigenvalue weighted by Crippen LogP contribution is -2.36.